The molecule has 0 bridgehead atoms. The van der Waals surface area contributed by atoms with E-state index in [9.17, 15) is 14.4 Å². The Balaban J connectivity index is 1.83. The van der Waals surface area contributed by atoms with Gasteiger partial charge >= 0.3 is 12.1 Å². The lowest BCUT2D eigenvalue weighted by Crippen LogP contribution is -2.39. The summed E-state index contributed by atoms with van der Waals surface area (Å²) in [5.74, 6) is -1.41. The fourth-order valence-electron chi connectivity index (χ4n) is 2.71. The van der Waals surface area contributed by atoms with Gasteiger partial charge in [-0.2, -0.15) is 0 Å². The zero-order valence-electron chi connectivity index (χ0n) is 16.8. The van der Waals surface area contributed by atoms with E-state index in [1.165, 1.54) is 0 Å². The van der Waals surface area contributed by atoms with Crippen LogP contribution in [0.1, 0.15) is 31.2 Å². The van der Waals surface area contributed by atoms with E-state index in [4.69, 9.17) is 9.84 Å². The number of carboxylic acid groups (broad SMARTS) is 1. The quantitative estimate of drug-likeness (QED) is 0.453. The van der Waals surface area contributed by atoms with Gasteiger partial charge < -0.3 is 20.5 Å². The maximum atomic E-state index is 12.1. The Hall–Kier alpha value is -3.50. The Kier molecular flexibility index (Phi) is 9.22. The molecule has 2 aromatic heterocycles. The van der Waals surface area contributed by atoms with Gasteiger partial charge in [0, 0.05) is 56.5 Å². The Morgan fingerprint density at radius 1 is 1.27 bits per heavy atom. The number of aliphatic carboxylic acids is 1. The van der Waals surface area contributed by atoms with Gasteiger partial charge in [0.1, 0.15) is 0 Å². The number of aromatic nitrogens is 4. The number of hydrogen-bond acceptors (Lipinski definition) is 7. The Bertz CT molecular complexity index is 826. The second-order valence-corrected chi connectivity index (χ2v) is 6.51. The largest absolute Gasteiger partial charge is 0.481 e. The Morgan fingerprint density at radius 2 is 2.10 bits per heavy atom. The van der Waals surface area contributed by atoms with E-state index in [0.29, 0.717) is 18.7 Å². The summed E-state index contributed by atoms with van der Waals surface area (Å²) in [4.78, 5) is 38.7. The number of aryl methyl sites for hydroxylation is 2. The van der Waals surface area contributed by atoms with Crippen molar-refractivity contribution in [2.45, 2.75) is 45.2 Å². The maximum Gasteiger partial charge on any atom is 0.407 e. The third-order valence-electron chi connectivity index (χ3n) is 4.05. The predicted molar refractivity (Wildman–Crippen MR) is 105 cm³/mol. The van der Waals surface area contributed by atoms with Gasteiger partial charge in [0.15, 0.2) is 0 Å². The topological polar surface area (TPSA) is 148 Å². The smallest absolute Gasteiger partial charge is 0.407 e. The van der Waals surface area contributed by atoms with Gasteiger partial charge in [-0.05, 0) is 19.1 Å². The zero-order valence-corrected chi connectivity index (χ0v) is 16.8. The molecule has 30 heavy (non-hydrogen) atoms. The molecular formula is C19H26N6O5. The summed E-state index contributed by atoms with van der Waals surface area (Å²) in [6.07, 6.45) is 3.52. The number of carbonyl (C=O) groups is 3. The summed E-state index contributed by atoms with van der Waals surface area (Å²) in [5, 5.41) is 22.3. The van der Waals surface area contributed by atoms with Crippen LogP contribution in [0, 0.1) is 0 Å². The molecule has 11 heteroatoms. The molecule has 0 aliphatic heterocycles. The first kappa shape index (κ1) is 22.8. The van der Waals surface area contributed by atoms with E-state index >= 15 is 0 Å². The standard InChI is InChI=1S/C19H26N6O5/c1-2-30-19(29)21-9-6-17(26)22-15(12-18(27)28)11-16-13-25(24-23-16)10-7-14-5-3-4-8-20-14/h3-5,8,13,15H,2,6-7,9-12H2,1H3,(H,21,29)(H,22,26)(H,27,28). The number of hydrogen-bond donors (Lipinski definition) is 3. The van der Waals surface area contributed by atoms with E-state index in [1.54, 1.807) is 24.0 Å². The molecule has 0 saturated heterocycles. The van der Waals surface area contributed by atoms with Crippen molar-refractivity contribution in [1.29, 1.82) is 0 Å². The minimum atomic E-state index is -1.03. The molecule has 1 unspecified atom stereocenters. The van der Waals surface area contributed by atoms with Crippen LogP contribution in [-0.2, 0) is 33.7 Å². The number of alkyl carbamates (subject to hydrolysis) is 1. The molecule has 3 N–H and O–H groups in total. The number of carbonyl (C=O) groups excluding carboxylic acids is 2. The van der Waals surface area contributed by atoms with Crippen LogP contribution in [0.15, 0.2) is 30.6 Å². The predicted octanol–water partition coefficient (Wildman–Crippen LogP) is 0.554. The van der Waals surface area contributed by atoms with E-state index in [0.717, 1.165) is 5.69 Å². The SMILES string of the molecule is CCOC(=O)NCCC(=O)NC(CC(=O)O)Cc1cn(CCc2ccccn2)nn1. The van der Waals surface area contributed by atoms with Crippen LogP contribution in [-0.4, -0.2) is 62.2 Å². The van der Waals surface area contributed by atoms with Crippen LogP contribution in [0.5, 0.6) is 0 Å². The van der Waals surface area contributed by atoms with Crippen molar-refractivity contribution >= 4 is 18.0 Å². The van der Waals surface area contributed by atoms with Crippen molar-refractivity contribution in [3.05, 3.63) is 42.0 Å². The van der Waals surface area contributed by atoms with Gasteiger partial charge in [-0.15, -0.1) is 5.10 Å². The van der Waals surface area contributed by atoms with Crippen molar-refractivity contribution in [2.24, 2.45) is 0 Å². The van der Waals surface area contributed by atoms with Gasteiger partial charge in [0.05, 0.1) is 18.7 Å². The molecule has 0 radical (unpaired) electrons. The highest BCUT2D eigenvalue weighted by Gasteiger charge is 2.18. The minimum absolute atomic E-state index is 0.00565. The number of nitrogens with zero attached hydrogens (tertiary/aromatic N) is 4. The highest BCUT2D eigenvalue weighted by atomic mass is 16.5. The average molecular weight is 418 g/mol. The van der Waals surface area contributed by atoms with Crippen LogP contribution < -0.4 is 10.6 Å². The normalized spacial score (nSPS) is 11.5. The third kappa shape index (κ3) is 8.67. The van der Waals surface area contributed by atoms with Crippen LogP contribution in [0.4, 0.5) is 4.79 Å². The first-order chi connectivity index (χ1) is 14.5. The van der Waals surface area contributed by atoms with Gasteiger partial charge in [0.2, 0.25) is 5.91 Å². The number of pyridine rings is 1. The molecule has 162 valence electrons. The molecule has 0 spiro atoms. The number of rotatable bonds is 12. The number of ether oxygens (including phenoxy) is 1. The second-order valence-electron chi connectivity index (χ2n) is 6.51. The molecule has 11 nitrogen and oxygen atoms in total. The molecule has 2 rings (SSSR count). The summed E-state index contributed by atoms with van der Waals surface area (Å²) in [7, 11) is 0. The van der Waals surface area contributed by atoms with Crippen molar-refractivity contribution in [2.75, 3.05) is 13.2 Å². The van der Waals surface area contributed by atoms with E-state index < -0.39 is 18.1 Å². The van der Waals surface area contributed by atoms with E-state index in [2.05, 4.69) is 25.9 Å². The molecule has 2 aromatic rings. The average Bonchev–Trinajstić information content (AvgIpc) is 3.14. The lowest BCUT2D eigenvalue weighted by Gasteiger charge is -2.15. The third-order valence-corrected chi connectivity index (χ3v) is 4.05. The first-order valence-corrected chi connectivity index (χ1v) is 9.67. The number of amides is 2. The van der Waals surface area contributed by atoms with Crippen LogP contribution >= 0.6 is 0 Å². The van der Waals surface area contributed by atoms with Crippen LogP contribution in [0.3, 0.4) is 0 Å². The van der Waals surface area contributed by atoms with Crippen molar-refractivity contribution in [3.8, 4) is 0 Å². The van der Waals surface area contributed by atoms with E-state index in [1.807, 2.05) is 18.2 Å². The zero-order chi connectivity index (χ0) is 21.8. The highest BCUT2D eigenvalue weighted by Crippen LogP contribution is 2.05. The van der Waals surface area contributed by atoms with Crippen molar-refractivity contribution in [1.82, 2.24) is 30.6 Å². The van der Waals surface area contributed by atoms with Gasteiger partial charge in [-0.1, -0.05) is 11.3 Å². The fraction of sp³-hybridized carbons (Fsp3) is 0.474. The summed E-state index contributed by atoms with van der Waals surface area (Å²) in [5.41, 5.74) is 1.51. The fourth-order valence-corrected chi connectivity index (χ4v) is 2.71. The minimum Gasteiger partial charge on any atom is -0.481 e. The molecule has 0 aliphatic carbocycles. The summed E-state index contributed by atoms with van der Waals surface area (Å²) in [6.45, 7) is 2.59. The monoisotopic (exact) mass is 418 g/mol. The Morgan fingerprint density at radius 3 is 2.80 bits per heavy atom. The molecule has 0 aromatic carbocycles. The van der Waals surface area contributed by atoms with Crippen molar-refractivity contribution in [3.63, 3.8) is 0 Å². The lowest BCUT2D eigenvalue weighted by atomic mass is 10.1. The summed E-state index contributed by atoms with van der Waals surface area (Å²) in [6, 6.07) is 5.04. The molecule has 0 aliphatic rings. The van der Waals surface area contributed by atoms with Gasteiger partial charge in [0.25, 0.3) is 0 Å². The molecule has 2 heterocycles. The maximum absolute atomic E-state index is 12.1. The van der Waals surface area contributed by atoms with Gasteiger partial charge in [-0.3, -0.25) is 19.3 Å². The van der Waals surface area contributed by atoms with Crippen LogP contribution in [0.2, 0.25) is 0 Å². The molecular weight excluding hydrogens is 392 g/mol. The number of carboxylic acids is 1. The molecule has 1 atom stereocenters. The highest BCUT2D eigenvalue weighted by molar-refractivity contribution is 5.78. The second kappa shape index (κ2) is 12.1. The van der Waals surface area contributed by atoms with Gasteiger partial charge in [-0.25, -0.2) is 4.79 Å². The van der Waals surface area contributed by atoms with E-state index in [-0.39, 0.29) is 38.3 Å². The summed E-state index contributed by atoms with van der Waals surface area (Å²) >= 11 is 0. The van der Waals surface area contributed by atoms with Crippen molar-refractivity contribution < 1.29 is 24.2 Å². The number of nitrogens with one attached hydrogen (secondary N) is 2. The van der Waals surface area contributed by atoms with Crippen LogP contribution in [0.25, 0.3) is 0 Å². The molecule has 0 saturated carbocycles. The molecule has 2 amide bonds. The lowest BCUT2D eigenvalue weighted by molar-refractivity contribution is -0.137. The Labute approximate surface area is 173 Å². The first-order valence-electron chi connectivity index (χ1n) is 9.67. The molecule has 0 fully saturated rings. The summed E-state index contributed by atoms with van der Waals surface area (Å²) < 4.78 is 6.37.